The van der Waals surface area contributed by atoms with Crippen molar-refractivity contribution in [2.75, 3.05) is 13.7 Å². The van der Waals surface area contributed by atoms with Crippen molar-refractivity contribution in [1.82, 2.24) is 10.4 Å². The van der Waals surface area contributed by atoms with Crippen molar-refractivity contribution >= 4 is 45.6 Å². The molecule has 1 amide bonds. The Hall–Kier alpha value is -2.55. The molecular weight excluding hydrogens is 445 g/mol. The third-order valence-electron chi connectivity index (χ3n) is 3.82. The number of carbonyl (C=O) groups excluding carboxylic acids is 1. The Labute approximate surface area is 164 Å². The van der Waals surface area contributed by atoms with Crippen LogP contribution in [0.15, 0.2) is 47.6 Å². The van der Waals surface area contributed by atoms with E-state index in [0.717, 1.165) is 31.5 Å². The highest BCUT2D eigenvalue weighted by atomic mass is 127. The Morgan fingerprint density at radius 1 is 1.31 bits per heavy atom. The largest absolute Gasteiger partial charge is 0.497 e. The van der Waals surface area contributed by atoms with E-state index in [1.807, 2.05) is 37.3 Å². The van der Waals surface area contributed by atoms with E-state index in [1.165, 1.54) is 0 Å². The monoisotopic (exact) mass is 463 g/mol. The number of hydrogen-bond acceptors (Lipinski definition) is 4. The lowest BCUT2D eigenvalue weighted by Gasteiger charge is -2.08. The maximum Gasteiger partial charge on any atom is 0.277 e. The fourth-order valence-electron chi connectivity index (χ4n) is 2.53. The Bertz CT molecular complexity index is 966. The van der Waals surface area contributed by atoms with Crippen LogP contribution in [-0.2, 0) is 4.79 Å². The molecule has 3 aromatic rings. The fourth-order valence-corrected chi connectivity index (χ4v) is 3.18. The number of aromatic amines is 1. The summed E-state index contributed by atoms with van der Waals surface area (Å²) in [6.07, 6.45) is 1.64. The van der Waals surface area contributed by atoms with E-state index in [9.17, 15) is 4.79 Å². The molecule has 2 N–H and O–H groups in total. The van der Waals surface area contributed by atoms with Gasteiger partial charge in [0.2, 0.25) is 0 Å². The second-order valence-corrected chi connectivity index (χ2v) is 6.75. The molecule has 1 aromatic heterocycles. The molecule has 7 heteroatoms. The molecule has 1 heterocycles. The van der Waals surface area contributed by atoms with Crippen molar-refractivity contribution < 1.29 is 14.3 Å². The highest BCUT2D eigenvalue weighted by molar-refractivity contribution is 14.1. The fraction of sp³-hybridized carbons (Fsp3) is 0.158. The number of aromatic nitrogens is 1. The van der Waals surface area contributed by atoms with Crippen LogP contribution < -0.4 is 14.9 Å². The third kappa shape index (κ3) is 4.16. The Morgan fingerprint density at radius 3 is 2.88 bits per heavy atom. The number of ether oxygens (including phenoxy) is 2. The second-order valence-electron chi connectivity index (χ2n) is 5.59. The molecule has 2 aromatic carbocycles. The first-order valence-electron chi connectivity index (χ1n) is 7.94. The van der Waals surface area contributed by atoms with Crippen LogP contribution in [0.5, 0.6) is 11.5 Å². The molecule has 0 aliphatic carbocycles. The quantitative estimate of drug-likeness (QED) is 0.333. The number of halogens is 1. The minimum Gasteiger partial charge on any atom is -0.497 e. The number of para-hydroxylation sites is 1. The summed E-state index contributed by atoms with van der Waals surface area (Å²) in [6, 6.07) is 13.3. The maximum absolute atomic E-state index is 11.9. The van der Waals surface area contributed by atoms with Crippen LogP contribution in [0.4, 0.5) is 0 Å². The number of nitrogens with zero attached hydrogens (tertiary/aromatic N) is 1. The van der Waals surface area contributed by atoms with E-state index in [4.69, 9.17) is 9.47 Å². The smallest absolute Gasteiger partial charge is 0.277 e. The molecule has 0 saturated carbocycles. The van der Waals surface area contributed by atoms with Crippen molar-refractivity contribution in [3.05, 3.63) is 57.3 Å². The number of methoxy groups -OCH3 is 1. The topological polar surface area (TPSA) is 75.7 Å². The number of H-pyrrole nitrogens is 1. The van der Waals surface area contributed by atoms with Gasteiger partial charge in [-0.1, -0.05) is 18.2 Å². The summed E-state index contributed by atoms with van der Waals surface area (Å²) >= 11 is 2.13. The molecule has 0 aliphatic heterocycles. The summed E-state index contributed by atoms with van der Waals surface area (Å²) in [5, 5.41) is 5.10. The van der Waals surface area contributed by atoms with Gasteiger partial charge in [-0.25, -0.2) is 5.43 Å². The summed E-state index contributed by atoms with van der Waals surface area (Å²) in [7, 11) is 1.60. The SMILES string of the molecule is COc1ccc(OCC(=O)N/N=C\c2c(C)[nH]c3ccccc23)c(I)c1. The van der Waals surface area contributed by atoms with E-state index in [0.29, 0.717) is 5.75 Å². The lowest BCUT2D eigenvalue weighted by molar-refractivity contribution is -0.123. The van der Waals surface area contributed by atoms with Crippen LogP contribution in [-0.4, -0.2) is 30.8 Å². The van der Waals surface area contributed by atoms with Crippen molar-refractivity contribution in [3.8, 4) is 11.5 Å². The molecule has 0 radical (unpaired) electrons. The van der Waals surface area contributed by atoms with Crippen LogP contribution >= 0.6 is 22.6 Å². The van der Waals surface area contributed by atoms with Gasteiger partial charge >= 0.3 is 0 Å². The molecule has 0 spiro atoms. The van der Waals surface area contributed by atoms with E-state index in [1.54, 1.807) is 25.5 Å². The number of amides is 1. The van der Waals surface area contributed by atoms with Gasteiger partial charge in [0.25, 0.3) is 5.91 Å². The number of benzene rings is 2. The Kier molecular flexibility index (Phi) is 5.77. The number of aryl methyl sites for hydroxylation is 1. The van der Waals surface area contributed by atoms with Crippen LogP contribution in [0.25, 0.3) is 10.9 Å². The number of carbonyl (C=O) groups is 1. The van der Waals surface area contributed by atoms with E-state index in [2.05, 4.69) is 38.1 Å². The highest BCUT2D eigenvalue weighted by Gasteiger charge is 2.07. The summed E-state index contributed by atoms with van der Waals surface area (Å²) < 4.78 is 11.5. The van der Waals surface area contributed by atoms with Gasteiger partial charge in [-0.2, -0.15) is 5.10 Å². The third-order valence-corrected chi connectivity index (χ3v) is 4.67. The van der Waals surface area contributed by atoms with Gasteiger partial charge in [0.1, 0.15) is 11.5 Å². The minimum atomic E-state index is -0.328. The summed E-state index contributed by atoms with van der Waals surface area (Å²) in [4.78, 5) is 15.2. The van der Waals surface area contributed by atoms with Gasteiger partial charge in [0.15, 0.2) is 6.61 Å². The predicted octanol–water partition coefficient (Wildman–Crippen LogP) is 3.62. The van der Waals surface area contributed by atoms with Gasteiger partial charge in [-0.3, -0.25) is 4.79 Å². The number of rotatable bonds is 6. The van der Waals surface area contributed by atoms with Crippen molar-refractivity contribution in [2.24, 2.45) is 5.10 Å². The summed E-state index contributed by atoms with van der Waals surface area (Å²) in [5.41, 5.74) is 5.47. The number of hydrogen-bond donors (Lipinski definition) is 2. The molecule has 0 aliphatic rings. The first kappa shape index (κ1) is 18.2. The first-order valence-corrected chi connectivity index (χ1v) is 9.02. The lowest BCUT2D eigenvalue weighted by Crippen LogP contribution is -2.24. The van der Waals surface area contributed by atoms with Gasteiger partial charge in [0, 0.05) is 22.2 Å². The molecule has 0 atom stereocenters. The van der Waals surface area contributed by atoms with Crippen LogP contribution in [0.1, 0.15) is 11.3 Å². The zero-order valence-electron chi connectivity index (χ0n) is 14.4. The summed E-state index contributed by atoms with van der Waals surface area (Å²) in [5.74, 6) is 1.04. The van der Waals surface area contributed by atoms with Gasteiger partial charge in [-0.15, -0.1) is 0 Å². The Balaban J connectivity index is 1.58. The predicted molar refractivity (Wildman–Crippen MR) is 110 cm³/mol. The molecule has 0 bridgehead atoms. The molecular formula is C19H18IN3O3. The number of hydrazone groups is 1. The molecule has 6 nitrogen and oxygen atoms in total. The number of fused-ring (bicyclic) bond motifs is 1. The van der Waals surface area contributed by atoms with Crippen molar-refractivity contribution in [1.29, 1.82) is 0 Å². The maximum atomic E-state index is 11.9. The van der Waals surface area contributed by atoms with Gasteiger partial charge in [-0.05, 0) is 53.8 Å². The molecule has 26 heavy (non-hydrogen) atoms. The van der Waals surface area contributed by atoms with Crippen LogP contribution in [0.3, 0.4) is 0 Å². The molecule has 0 fully saturated rings. The van der Waals surface area contributed by atoms with E-state index < -0.39 is 0 Å². The Morgan fingerprint density at radius 2 is 2.12 bits per heavy atom. The van der Waals surface area contributed by atoms with Crippen molar-refractivity contribution in [2.45, 2.75) is 6.92 Å². The highest BCUT2D eigenvalue weighted by Crippen LogP contribution is 2.25. The first-order chi connectivity index (χ1) is 12.6. The second kappa shape index (κ2) is 8.22. The van der Waals surface area contributed by atoms with Crippen molar-refractivity contribution in [3.63, 3.8) is 0 Å². The molecule has 0 saturated heterocycles. The van der Waals surface area contributed by atoms with Gasteiger partial charge < -0.3 is 14.5 Å². The van der Waals surface area contributed by atoms with E-state index >= 15 is 0 Å². The summed E-state index contributed by atoms with van der Waals surface area (Å²) in [6.45, 7) is 1.85. The zero-order chi connectivity index (χ0) is 18.5. The molecule has 134 valence electrons. The zero-order valence-corrected chi connectivity index (χ0v) is 16.5. The standard InChI is InChI=1S/C19H18IN3O3/c1-12-15(14-5-3-4-6-17(14)22-12)10-21-23-19(24)11-26-18-8-7-13(25-2)9-16(18)20/h3-10,22H,11H2,1-2H3,(H,23,24)/b21-10-. The molecule has 3 rings (SSSR count). The van der Waals surface area contributed by atoms with E-state index in [-0.39, 0.29) is 12.5 Å². The van der Waals surface area contributed by atoms with Crippen LogP contribution in [0, 0.1) is 10.5 Å². The average molecular weight is 463 g/mol. The molecule has 0 unspecified atom stereocenters. The minimum absolute atomic E-state index is 0.119. The van der Waals surface area contributed by atoms with Crippen LogP contribution in [0.2, 0.25) is 0 Å². The average Bonchev–Trinajstić information content (AvgIpc) is 2.96. The van der Waals surface area contributed by atoms with Gasteiger partial charge in [0.05, 0.1) is 16.9 Å². The normalized spacial score (nSPS) is 11.0. The number of nitrogens with one attached hydrogen (secondary N) is 2. The lowest BCUT2D eigenvalue weighted by atomic mass is 10.1.